The second-order valence-corrected chi connectivity index (χ2v) is 13.1. The van der Waals surface area contributed by atoms with Gasteiger partial charge in [-0.1, -0.05) is 176 Å². The minimum atomic E-state index is 0.786. The second kappa shape index (κ2) is 13.4. The molecule has 0 fully saturated rings. The lowest BCUT2D eigenvalue weighted by atomic mass is 9.86. The van der Waals surface area contributed by atoms with E-state index in [1.165, 1.54) is 82.4 Å². The highest BCUT2D eigenvalue weighted by Crippen LogP contribution is 2.44. The third-order valence-electron chi connectivity index (χ3n) is 9.97. The highest BCUT2D eigenvalue weighted by Gasteiger charge is 2.17. The van der Waals surface area contributed by atoms with Gasteiger partial charge in [-0.05, 0) is 79.7 Å². The van der Waals surface area contributed by atoms with E-state index in [1.807, 2.05) is 6.07 Å². The molecule has 52 heavy (non-hydrogen) atoms. The lowest BCUT2D eigenvalue weighted by molar-refractivity contribution is 1.18. The Labute approximate surface area is 303 Å². The average Bonchev–Trinajstić information content (AvgIpc) is 3.56. The van der Waals surface area contributed by atoms with Crippen LogP contribution in [0.4, 0.5) is 5.69 Å². The molecule has 0 amide bonds. The zero-order chi connectivity index (χ0) is 34.9. The van der Waals surface area contributed by atoms with Crippen LogP contribution in [0.1, 0.15) is 0 Å². The van der Waals surface area contributed by atoms with Gasteiger partial charge in [0.25, 0.3) is 0 Å². The number of aromatic nitrogens is 1. The molecule has 0 spiro atoms. The van der Waals surface area contributed by atoms with Crippen molar-refractivity contribution in [3.05, 3.63) is 206 Å². The fourth-order valence-electron chi connectivity index (χ4n) is 7.74. The third-order valence-corrected chi connectivity index (χ3v) is 9.97. The van der Waals surface area contributed by atoms with Gasteiger partial charge in [0.05, 0.1) is 11.0 Å². The molecule has 0 saturated carbocycles. The van der Waals surface area contributed by atoms with Gasteiger partial charge in [-0.15, -0.1) is 0 Å². The number of hydrogen-bond acceptors (Lipinski definition) is 1. The predicted octanol–water partition coefficient (Wildman–Crippen LogP) is 13.4. The number of fused-ring (bicyclic) bond motifs is 5. The van der Waals surface area contributed by atoms with Gasteiger partial charge in [-0.2, -0.15) is 0 Å². The fraction of sp³-hybridized carbons (Fsp3) is 0. The molecule has 1 aromatic heterocycles. The largest absolute Gasteiger partial charge is 0.399 e. The Morgan fingerprint density at radius 1 is 0.327 bits per heavy atom. The maximum atomic E-state index is 6.20. The van der Waals surface area contributed by atoms with Gasteiger partial charge in [0.1, 0.15) is 0 Å². The average molecular weight is 665 g/mol. The molecule has 2 heteroatoms. The summed E-state index contributed by atoms with van der Waals surface area (Å²) >= 11 is 0. The maximum Gasteiger partial charge on any atom is 0.0619 e. The second-order valence-electron chi connectivity index (χ2n) is 13.1. The van der Waals surface area contributed by atoms with Crippen molar-refractivity contribution in [2.24, 2.45) is 0 Å². The van der Waals surface area contributed by atoms with Crippen LogP contribution in [0.3, 0.4) is 0 Å². The SMILES string of the molecule is Nc1ccc2c(-c3ccccc3)c3ccccc3c(-c3ccccc3)c2c1.c1ccc(-c2cccc3c4ccccc4n(-c4ccccc4)c23)cc1. The van der Waals surface area contributed by atoms with Crippen molar-refractivity contribution in [2.45, 2.75) is 0 Å². The van der Waals surface area contributed by atoms with E-state index in [1.54, 1.807) is 0 Å². The molecule has 1 heterocycles. The summed E-state index contributed by atoms with van der Waals surface area (Å²) in [5.41, 5.74) is 18.1. The summed E-state index contributed by atoms with van der Waals surface area (Å²) in [5.74, 6) is 0. The standard InChI is InChI=1S/C26H19N.C24H17N/c27-20-15-16-23-24(17-20)26(19-11-5-2-6-12-19)22-14-8-7-13-21(22)25(23)18-9-3-1-4-10-18;1-3-10-18(11-4-1)20-15-9-16-22-21-14-7-8-17-23(21)25(24(20)22)19-12-5-2-6-13-19/h1-17H,27H2;1-17H. The van der Waals surface area contributed by atoms with Crippen molar-refractivity contribution in [3.8, 4) is 39.1 Å². The first kappa shape index (κ1) is 31.1. The van der Waals surface area contributed by atoms with Crippen molar-refractivity contribution in [1.82, 2.24) is 4.57 Å². The molecule has 2 nitrogen and oxygen atoms in total. The molecule has 0 aliphatic heterocycles. The van der Waals surface area contributed by atoms with Gasteiger partial charge in [0.15, 0.2) is 0 Å². The van der Waals surface area contributed by atoms with Crippen LogP contribution < -0.4 is 5.73 Å². The van der Waals surface area contributed by atoms with Gasteiger partial charge >= 0.3 is 0 Å². The van der Waals surface area contributed by atoms with E-state index in [9.17, 15) is 0 Å². The number of para-hydroxylation sites is 3. The van der Waals surface area contributed by atoms with Crippen LogP contribution in [-0.2, 0) is 0 Å². The minimum absolute atomic E-state index is 0.786. The van der Waals surface area contributed by atoms with Crippen molar-refractivity contribution in [1.29, 1.82) is 0 Å². The van der Waals surface area contributed by atoms with E-state index in [4.69, 9.17) is 5.73 Å². The zero-order valence-electron chi connectivity index (χ0n) is 28.7. The molecule has 9 aromatic carbocycles. The Balaban J connectivity index is 0.000000139. The van der Waals surface area contributed by atoms with Crippen LogP contribution >= 0.6 is 0 Å². The van der Waals surface area contributed by atoms with Gasteiger partial charge in [0.2, 0.25) is 0 Å². The van der Waals surface area contributed by atoms with Crippen molar-refractivity contribution in [2.75, 3.05) is 5.73 Å². The van der Waals surface area contributed by atoms with E-state index >= 15 is 0 Å². The number of benzene rings is 9. The Kier molecular flexibility index (Phi) is 8.03. The number of rotatable bonds is 4. The van der Waals surface area contributed by atoms with Gasteiger partial charge in [-0.3, -0.25) is 0 Å². The first-order chi connectivity index (χ1) is 25.8. The van der Waals surface area contributed by atoms with E-state index in [-0.39, 0.29) is 0 Å². The Bertz CT molecular complexity index is 2820. The van der Waals surface area contributed by atoms with E-state index < -0.39 is 0 Å². The number of nitrogens with two attached hydrogens (primary N) is 1. The third kappa shape index (κ3) is 5.48. The Hall–Kier alpha value is -6.90. The van der Waals surface area contributed by atoms with Crippen molar-refractivity contribution in [3.63, 3.8) is 0 Å². The highest BCUT2D eigenvalue weighted by molar-refractivity contribution is 6.22. The maximum absolute atomic E-state index is 6.20. The van der Waals surface area contributed by atoms with Crippen LogP contribution in [0.5, 0.6) is 0 Å². The normalized spacial score (nSPS) is 11.2. The summed E-state index contributed by atoms with van der Waals surface area (Å²) in [6.45, 7) is 0. The fourth-order valence-corrected chi connectivity index (χ4v) is 7.74. The summed E-state index contributed by atoms with van der Waals surface area (Å²) in [7, 11) is 0. The Morgan fingerprint density at radius 2 is 0.788 bits per heavy atom. The molecule has 10 aromatic rings. The number of anilines is 1. The molecule has 0 unspecified atom stereocenters. The first-order valence-corrected chi connectivity index (χ1v) is 17.7. The van der Waals surface area contributed by atoms with Crippen LogP contribution in [0, 0.1) is 0 Å². The lowest BCUT2D eigenvalue weighted by Crippen LogP contribution is -1.94. The van der Waals surface area contributed by atoms with E-state index in [0.717, 1.165) is 5.69 Å². The predicted molar refractivity (Wildman–Crippen MR) is 223 cm³/mol. The molecule has 0 bridgehead atoms. The molecule has 2 N–H and O–H groups in total. The summed E-state index contributed by atoms with van der Waals surface area (Å²) in [5, 5.41) is 7.52. The lowest BCUT2D eigenvalue weighted by Gasteiger charge is -2.18. The minimum Gasteiger partial charge on any atom is -0.399 e. The number of nitrogen functional groups attached to an aromatic ring is 1. The van der Waals surface area contributed by atoms with Crippen LogP contribution in [0.15, 0.2) is 206 Å². The molecular weight excluding hydrogens is 629 g/mol. The molecule has 0 atom stereocenters. The topological polar surface area (TPSA) is 30.9 Å². The molecule has 0 aliphatic rings. The quantitative estimate of drug-likeness (QED) is 0.147. The molecule has 0 aliphatic carbocycles. The summed E-state index contributed by atoms with van der Waals surface area (Å²) in [4.78, 5) is 0. The molecule has 0 radical (unpaired) electrons. The summed E-state index contributed by atoms with van der Waals surface area (Å²) in [6.07, 6.45) is 0. The van der Waals surface area contributed by atoms with Gasteiger partial charge in [0, 0.05) is 27.7 Å². The van der Waals surface area contributed by atoms with Gasteiger partial charge < -0.3 is 10.3 Å². The number of hydrogen-bond donors (Lipinski definition) is 1. The number of nitrogens with zero attached hydrogens (tertiary/aromatic N) is 1. The van der Waals surface area contributed by atoms with Crippen LogP contribution in [-0.4, -0.2) is 4.57 Å². The zero-order valence-corrected chi connectivity index (χ0v) is 28.7. The molecule has 10 rings (SSSR count). The Morgan fingerprint density at radius 3 is 1.40 bits per heavy atom. The smallest absolute Gasteiger partial charge is 0.0619 e. The van der Waals surface area contributed by atoms with Crippen LogP contribution in [0.2, 0.25) is 0 Å². The van der Waals surface area contributed by atoms with Gasteiger partial charge in [-0.25, -0.2) is 0 Å². The monoisotopic (exact) mass is 664 g/mol. The van der Waals surface area contributed by atoms with Crippen molar-refractivity contribution >= 4 is 49.0 Å². The molecule has 246 valence electrons. The first-order valence-electron chi connectivity index (χ1n) is 17.7. The van der Waals surface area contributed by atoms with E-state index in [0.29, 0.717) is 0 Å². The molecular formula is C50H36N2. The van der Waals surface area contributed by atoms with E-state index in [2.05, 4.69) is 205 Å². The van der Waals surface area contributed by atoms with Crippen LogP contribution in [0.25, 0.3) is 82.4 Å². The summed E-state index contributed by atoms with van der Waals surface area (Å²) < 4.78 is 2.38. The highest BCUT2D eigenvalue weighted by atomic mass is 15.0. The van der Waals surface area contributed by atoms with Crippen molar-refractivity contribution < 1.29 is 0 Å². The summed E-state index contributed by atoms with van der Waals surface area (Å²) in [6, 6.07) is 72.6. The molecule has 0 saturated heterocycles.